The van der Waals surface area contributed by atoms with Gasteiger partial charge in [0.25, 0.3) is 0 Å². The number of benzene rings is 1. The predicted molar refractivity (Wildman–Crippen MR) is 159 cm³/mol. The molecule has 0 aliphatic heterocycles. The van der Waals surface area contributed by atoms with Crippen molar-refractivity contribution in [3.8, 4) is 18.1 Å². The molecule has 0 saturated heterocycles. The van der Waals surface area contributed by atoms with E-state index in [2.05, 4.69) is 105 Å². The van der Waals surface area contributed by atoms with Gasteiger partial charge in [-0.2, -0.15) is 15.0 Å². The maximum Gasteiger partial charge on any atom is 0.232 e. The summed E-state index contributed by atoms with van der Waals surface area (Å²) in [7, 11) is 0. The molecule has 0 atom stereocenters. The Kier molecular flexibility index (Phi) is 13.8. The highest BCUT2D eigenvalue weighted by molar-refractivity contribution is 7.80. The summed E-state index contributed by atoms with van der Waals surface area (Å²) in [5.74, 6) is 3.65. The summed E-state index contributed by atoms with van der Waals surface area (Å²) in [6.45, 7) is 17.0. The Morgan fingerprint density at radius 3 is 1.59 bits per heavy atom. The van der Waals surface area contributed by atoms with E-state index in [9.17, 15) is 0 Å². The smallest absolute Gasteiger partial charge is 0.232 e. The van der Waals surface area contributed by atoms with E-state index in [0.29, 0.717) is 75.7 Å². The molecule has 0 aliphatic carbocycles. The summed E-state index contributed by atoms with van der Waals surface area (Å²) in [6.07, 6.45) is 5.11. The van der Waals surface area contributed by atoms with Crippen LogP contribution in [0.4, 0.5) is 11.6 Å². The van der Waals surface area contributed by atoms with E-state index in [1.165, 1.54) is 0 Å². The maximum atomic E-state index is 6.36. The number of nitrogens with one attached hydrogen (secondary N) is 1. The molecule has 0 saturated carbocycles. The number of anilines is 2. The highest BCUT2D eigenvalue weighted by Crippen LogP contribution is 2.42. The molecule has 0 radical (unpaired) electrons. The number of terminal acetylenes is 1. The fourth-order valence-electron chi connectivity index (χ4n) is 3.50. The molecule has 0 fully saturated rings. The minimum atomic E-state index is -0.181. The van der Waals surface area contributed by atoms with Crippen LogP contribution in [0.25, 0.3) is 0 Å². The average molecular weight is 579 g/mol. The van der Waals surface area contributed by atoms with Gasteiger partial charge in [-0.05, 0) is 23.0 Å². The quantitative estimate of drug-likeness (QED) is 0.147. The summed E-state index contributed by atoms with van der Waals surface area (Å²) in [6, 6.07) is 4.14. The molecule has 2 aromatic rings. The van der Waals surface area contributed by atoms with E-state index >= 15 is 0 Å². The molecular weight excluding hydrogens is 536 g/mol. The minimum Gasteiger partial charge on any atom is -0.491 e. The Morgan fingerprint density at radius 2 is 1.15 bits per heavy atom. The third kappa shape index (κ3) is 12.3. The lowest BCUT2D eigenvalue weighted by atomic mass is 9.79. The molecule has 0 bridgehead atoms. The van der Waals surface area contributed by atoms with Gasteiger partial charge in [0.1, 0.15) is 19.0 Å². The van der Waals surface area contributed by atoms with Crippen LogP contribution in [0.15, 0.2) is 22.4 Å². The second-order valence-corrected chi connectivity index (χ2v) is 11.5. The van der Waals surface area contributed by atoms with E-state index in [4.69, 9.17) is 30.1 Å². The van der Waals surface area contributed by atoms with Crippen molar-refractivity contribution >= 4 is 36.9 Å². The number of nitrogens with zero attached hydrogens (tertiary/aromatic N) is 3. The molecular formula is C28H42N4O5S2. The molecule has 1 aromatic carbocycles. The lowest BCUT2D eigenvalue weighted by molar-refractivity contribution is -0.00198. The van der Waals surface area contributed by atoms with Crippen molar-refractivity contribution in [1.29, 1.82) is 0 Å². The fraction of sp³-hybridized carbons (Fsp3) is 0.607. The summed E-state index contributed by atoms with van der Waals surface area (Å²) in [5.41, 5.74) is 2.62. The van der Waals surface area contributed by atoms with Crippen molar-refractivity contribution in [3.63, 3.8) is 0 Å². The van der Waals surface area contributed by atoms with Crippen molar-refractivity contribution in [3.05, 3.63) is 23.3 Å². The molecule has 11 heteroatoms. The van der Waals surface area contributed by atoms with Gasteiger partial charge in [-0.25, -0.2) is 0 Å². The van der Waals surface area contributed by atoms with Crippen molar-refractivity contribution in [2.75, 3.05) is 64.8 Å². The molecule has 216 valence electrons. The van der Waals surface area contributed by atoms with Crippen LogP contribution < -0.4 is 10.1 Å². The predicted octanol–water partition coefficient (Wildman–Crippen LogP) is 4.87. The topological polar surface area (TPSA) is 96.9 Å². The van der Waals surface area contributed by atoms with Crippen LogP contribution in [-0.2, 0) is 29.8 Å². The second-order valence-electron chi connectivity index (χ2n) is 10.7. The molecule has 9 nitrogen and oxygen atoms in total. The number of hydrogen-bond donors (Lipinski definition) is 3. The number of aromatic nitrogens is 3. The van der Waals surface area contributed by atoms with Crippen LogP contribution in [0.1, 0.15) is 52.7 Å². The molecule has 0 unspecified atom stereocenters. The highest BCUT2D eigenvalue weighted by atomic mass is 32.1. The summed E-state index contributed by atoms with van der Waals surface area (Å²) >= 11 is 8.47. The monoisotopic (exact) mass is 578 g/mol. The SMILES string of the molecule is C#CCOCCOCCOCCOCCOc1c(C(C)(C)C)cc(Nc2nc(S)nc(S)n2)cc1C(C)(C)C. The van der Waals surface area contributed by atoms with Crippen LogP contribution in [0.2, 0.25) is 0 Å². The third-order valence-electron chi connectivity index (χ3n) is 5.35. The van der Waals surface area contributed by atoms with E-state index in [-0.39, 0.29) is 10.8 Å². The number of thiol groups is 2. The van der Waals surface area contributed by atoms with Gasteiger partial charge >= 0.3 is 0 Å². The number of rotatable bonds is 16. The Morgan fingerprint density at radius 1 is 0.718 bits per heavy atom. The first-order chi connectivity index (χ1) is 18.4. The molecule has 1 heterocycles. The van der Waals surface area contributed by atoms with Crippen LogP contribution in [0.3, 0.4) is 0 Å². The van der Waals surface area contributed by atoms with Gasteiger partial charge < -0.3 is 29.0 Å². The van der Waals surface area contributed by atoms with Gasteiger partial charge in [0.15, 0.2) is 10.3 Å². The van der Waals surface area contributed by atoms with E-state index in [0.717, 1.165) is 22.6 Å². The molecule has 39 heavy (non-hydrogen) atoms. The van der Waals surface area contributed by atoms with Crippen LogP contribution >= 0.6 is 25.3 Å². The Bertz CT molecular complexity index is 1030. The van der Waals surface area contributed by atoms with E-state index in [1.54, 1.807) is 0 Å². The zero-order chi connectivity index (χ0) is 28.9. The standard InChI is InChI=1S/C28H42N4O5S2/c1-8-9-33-10-11-34-12-13-35-14-15-36-16-17-37-23-21(27(2,3)4)18-20(19-22(23)28(5,6)7)29-24-30-25(38)32-26(39)31-24/h1,18-19H,9-17H2,2-7H3,(H3,29,30,31,32,38,39). The third-order valence-corrected chi connectivity index (χ3v) is 5.75. The lowest BCUT2D eigenvalue weighted by Crippen LogP contribution is -2.22. The Balaban J connectivity index is 1.94. The normalized spacial score (nSPS) is 11.9. The molecule has 0 amide bonds. The first kappa shape index (κ1) is 33.1. The van der Waals surface area contributed by atoms with Crippen molar-refractivity contribution in [2.24, 2.45) is 0 Å². The highest BCUT2D eigenvalue weighted by Gasteiger charge is 2.28. The zero-order valence-corrected chi connectivity index (χ0v) is 25.7. The largest absolute Gasteiger partial charge is 0.491 e. The van der Waals surface area contributed by atoms with Crippen molar-refractivity contribution in [1.82, 2.24) is 15.0 Å². The summed E-state index contributed by atoms with van der Waals surface area (Å²) < 4.78 is 28.2. The molecule has 1 aromatic heterocycles. The maximum absolute atomic E-state index is 6.36. The zero-order valence-electron chi connectivity index (χ0n) is 23.9. The minimum absolute atomic E-state index is 0.181. The van der Waals surface area contributed by atoms with Crippen molar-refractivity contribution < 1.29 is 23.7 Å². The van der Waals surface area contributed by atoms with Crippen molar-refractivity contribution in [2.45, 2.75) is 62.7 Å². The fourth-order valence-corrected chi connectivity index (χ4v) is 3.96. The number of hydrogen-bond acceptors (Lipinski definition) is 11. The first-order valence-electron chi connectivity index (χ1n) is 12.9. The lowest BCUT2D eigenvalue weighted by Gasteiger charge is -2.30. The first-order valence-corrected chi connectivity index (χ1v) is 13.8. The van der Waals surface area contributed by atoms with Gasteiger partial charge in [-0.15, -0.1) is 31.7 Å². The Labute approximate surface area is 244 Å². The van der Waals surface area contributed by atoms with Gasteiger partial charge in [0.2, 0.25) is 5.95 Å². The van der Waals surface area contributed by atoms with Crippen LogP contribution in [0.5, 0.6) is 5.75 Å². The van der Waals surface area contributed by atoms with Crippen LogP contribution in [-0.4, -0.2) is 74.4 Å². The van der Waals surface area contributed by atoms with Gasteiger partial charge in [0, 0.05) is 16.8 Å². The molecule has 1 N–H and O–H groups in total. The molecule has 0 aliphatic rings. The summed E-state index contributed by atoms with van der Waals surface area (Å²) in [4.78, 5) is 12.5. The molecule has 2 rings (SSSR count). The van der Waals surface area contributed by atoms with E-state index < -0.39 is 0 Å². The van der Waals surface area contributed by atoms with E-state index in [1.807, 2.05) is 0 Å². The Hall–Kier alpha value is -2.07. The van der Waals surface area contributed by atoms with Gasteiger partial charge in [0.05, 0.1) is 46.2 Å². The second kappa shape index (κ2) is 16.3. The summed E-state index contributed by atoms with van der Waals surface area (Å²) in [5, 5.41) is 3.87. The molecule has 0 spiro atoms. The number of ether oxygens (including phenoxy) is 5. The van der Waals surface area contributed by atoms with Gasteiger partial charge in [-0.3, -0.25) is 0 Å². The van der Waals surface area contributed by atoms with Gasteiger partial charge in [-0.1, -0.05) is 47.5 Å². The van der Waals surface area contributed by atoms with Crippen LogP contribution in [0, 0.1) is 12.3 Å². The average Bonchev–Trinajstić information content (AvgIpc) is 2.82.